The normalized spacial score (nSPS) is 12.0. The minimum atomic E-state index is -1.93. The molecule has 0 unspecified atom stereocenters. The number of halogens is 4. The highest BCUT2D eigenvalue weighted by Crippen LogP contribution is 2.29. The fourth-order valence-electron chi connectivity index (χ4n) is 2.10. The van der Waals surface area contributed by atoms with Gasteiger partial charge in [0.05, 0.1) is 0 Å². The minimum Gasteiger partial charge on any atom is -0.339 e. The van der Waals surface area contributed by atoms with Crippen molar-refractivity contribution in [1.82, 2.24) is 10.6 Å². The number of carbonyl (C=O) groups excluding carboxylic acids is 2. The molecule has 2 aromatic rings. The SMILES string of the molecule is CC(=O)c1ccc(NC(=S)N[C@@H](NC(=O)c2ccc(F)cc2)C(Cl)(Cl)Cl)cc1. The summed E-state index contributed by atoms with van der Waals surface area (Å²) in [6, 6.07) is 11.5. The molecule has 2 aromatic carbocycles. The summed E-state index contributed by atoms with van der Waals surface area (Å²) < 4.78 is 11.1. The lowest BCUT2D eigenvalue weighted by molar-refractivity contribution is 0.0933. The molecule has 0 spiro atoms. The summed E-state index contributed by atoms with van der Waals surface area (Å²) in [5.41, 5.74) is 1.33. The number of benzene rings is 2. The molecule has 0 aliphatic carbocycles. The van der Waals surface area contributed by atoms with Crippen LogP contribution in [0.3, 0.4) is 0 Å². The Hall–Kier alpha value is -1.93. The topological polar surface area (TPSA) is 70.2 Å². The first kappa shape index (κ1) is 22.4. The van der Waals surface area contributed by atoms with E-state index in [1.54, 1.807) is 24.3 Å². The molecule has 28 heavy (non-hydrogen) atoms. The average molecular weight is 463 g/mol. The Morgan fingerprint density at radius 1 is 0.964 bits per heavy atom. The first-order valence-corrected chi connectivity index (χ1v) is 9.42. The summed E-state index contributed by atoms with van der Waals surface area (Å²) in [7, 11) is 0. The highest BCUT2D eigenvalue weighted by Gasteiger charge is 2.34. The fourth-order valence-corrected chi connectivity index (χ4v) is 2.67. The Balaban J connectivity index is 2.04. The number of rotatable bonds is 5. The number of thiocarbonyl (C=S) groups is 1. The van der Waals surface area contributed by atoms with E-state index in [2.05, 4.69) is 16.0 Å². The van der Waals surface area contributed by atoms with E-state index in [9.17, 15) is 14.0 Å². The van der Waals surface area contributed by atoms with Crippen LogP contribution in [-0.2, 0) is 0 Å². The molecule has 0 aliphatic heterocycles. The van der Waals surface area contributed by atoms with Gasteiger partial charge in [-0.15, -0.1) is 0 Å². The van der Waals surface area contributed by atoms with Gasteiger partial charge in [0, 0.05) is 16.8 Å². The van der Waals surface area contributed by atoms with Crippen LogP contribution in [0.4, 0.5) is 10.1 Å². The average Bonchev–Trinajstić information content (AvgIpc) is 2.61. The van der Waals surface area contributed by atoms with Crippen molar-refractivity contribution >= 4 is 69.5 Å². The van der Waals surface area contributed by atoms with E-state index in [0.29, 0.717) is 11.3 Å². The number of anilines is 1. The van der Waals surface area contributed by atoms with Gasteiger partial charge in [-0.1, -0.05) is 34.8 Å². The van der Waals surface area contributed by atoms with Crippen molar-refractivity contribution in [3.8, 4) is 0 Å². The summed E-state index contributed by atoms with van der Waals surface area (Å²) in [4.78, 5) is 23.6. The predicted molar refractivity (Wildman–Crippen MR) is 114 cm³/mol. The molecule has 0 radical (unpaired) electrons. The van der Waals surface area contributed by atoms with Gasteiger partial charge in [-0.2, -0.15) is 0 Å². The molecule has 1 amide bonds. The number of hydrogen-bond donors (Lipinski definition) is 3. The molecule has 0 bridgehead atoms. The van der Waals surface area contributed by atoms with Gasteiger partial charge in [-0.3, -0.25) is 9.59 Å². The molecular formula is C18H15Cl3FN3O2S. The molecule has 0 aromatic heterocycles. The molecule has 10 heteroatoms. The molecule has 5 nitrogen and oxygen atoms in total. The summed E-state index contributed by atoms with van der Waals surface area (Å²) in [5, 5.41) is 8.14. The van der Waals surface area contributed by atoms with Gasteiger partial charge in [0.15, 0.2) is 10.9 Å². The van der Waals surface area contributed by atoms with E-state index in [-0.39, 0.29) is 16.5 Å². The predicted octanol–water partition coefficient (Wildman–Crippen LogP) is 4.44. The van der Waals surface area contributed by atoms with E-state index in [1.807, 2.05) is 0 Å². The largest absolute Gasteiger partial charge is 0.339 e. The first-order valence-electron chi connectivity index (χ1n) is 7.88. The van der Waals surface area contributed by atoms with E-state index in [1.165, 1.54) is 19.1 Å². The van der Waals surface area contributed by atoms with Gasteiger partial charge in [0.1, 0.15) is 12.0 Å². The number of hydrogen-bond acceptors (Lipinski definition) is 3. The monoisotopic (exact) mass is 461 g/mol. The second-order valence-corrected chi connectivity index (χ2v) is 8.46. The highest BCUT2D eigenvalue weighted by molar-refractivity contribution is 7.80. The maximum atomic E-state index is 13.0. The third-order valence-electron chi connectivity index (χ3n) is 3.53. The van der Waals surface area contributed by atoms with Crippen LogP contribution in [0, 0.1) is 5.82 Å². The lowest BCUT2D eigenvalue weighted by Gasteiger charge is -2.27. The number of Topliss-reactive ketones (excluding diaryl/α,β-unsaturated/α-hetero) is 1. The Bertz CT molecular complexity index is 871. The second-order valence-electron chi connectivity index (χ2n) is 5.69. The van der Waals surface area contributed by atoms with Crippen LogP contribution in [-0.4, -0.2) is 26.8 Å². The van der Waals surface area contributed by atoms with Crippen molar-refractivity contribution in [2.45, 2.75) is 16.9 Å². The summed E-state index contributed by atoms with van der Waals surface area (Å²) in [5.74, 6) is -1.13. The maximum absolute atomic E-state index is 13.0. The molecular weight excluding hydrogens is 448 g/mol. The summed E-state index contributed by atoms with van der Waals surface area (Å²) >= 11 is 23.0. The summed E-state index contributed by atoms with van der Waals surface area (Å²) in [6.07, 6.45) is -1.17. The number of alkyl halides is 3. The molecule has 3 N–H and O–H groups in total. The highest BCUT2D eigenvalue weighted by atomic mass is 35.6. The van der Waals surface area contributed by atoms with Crippen LogP contribution < -0.4 is 16.0 Å². The Morgan fingerprint density at radius 3 is 2.00 bits per heavy atom. The Kier molecular flexibility index (Phi) is 7.60. The van der Waals surface area contributed by atoms with Crippen molar-refractivity contribution in [1.29, 1.82) is 0 Å². The summed E-state index contributed by atoms with van der Waals surface area (Å²) in [6.45, 7) is 1.46. The number of nitrogens with one attached hydrogen (secondary N) is 3. The zero-order chi connectivity index (χ0) is 20.9. The lowest BCUT2D eigenvalue weighted by Crippen LogP contribution is -2.56. The smallest absolute Gasteiger partial charge is 0.252 e. The second kappa shape index (κ2) is 9.52. The number of ketones is 1. The third kappa shape index (κ3) is 6.60. The molecule has 2 rings (SSSR count). The van der Waals surface area contributed by atoms with Crippen molar-refractivity contribution in [3.63, 3.8) is 0 Å². The number of amides is 1. The van der Waals surface area contributed by atoms with Gasteiger partial charge in [-0.05, 0) is 67.7 Å². The van der Waals surface area contributed by atoms with Crippen molar-refractivity contribution in [2.75, 3.05) is 5.32 Å². The zero-order valence-electron chi connectivity index (χ0n) is 14.4. The fraction of sp³-hybridized carbons (Fsp3) is 0.167. The van der Waals surface area contributed by atoms with Gasteiger partial charge >= 0.3 is 0 Å². The van der Waals surface area contributed by atoms with Crippen molar-refractivity contribution in [2.24, 2.45) is 0 Å². The van der Waals surface area contributed by atoms with Gasteiger partial charge in [-0.25, -0.2) is 4.39 Å². The molecule has 0 saturated carbocycles. The van der Waals surface area contributed by atoms with Crippen LogP contribution in [0.1, 0.15) is 27.6 Å². The van der Waals surface area contributed by atoms with Crippen LogP contribution in [0.5, 0.6) is 0 Å². The van der Waals surface area contributed by atoms with Crippen LogP contribution >= 0.6 is 47.0 Å². The lowest BCUT2D eigenvalue weighted by atomic mass is 10.1. The standard InChI is InChI=1S/C18H15Cl3FN3O2S/c1-10(26)11-4-8-14(9-5-11)23-17(28)25-16(18(19,20)21)24-15(27)12-2-6-13(22)7-3-12/h2-9,16H,1H3,(H,24,27)(H2,23,25,28)/t16-/m1/s1. The van der Waals surface area contributed by atoms with Crippen molar-refractivity contribution < 1.29 is 14.0 Å². The van der Waals surface area contributed by atoms with E-state index in [0.717, 1.165) is 12.1 Å². The molecule has 0 fully saturated rings. The molecule has 1 atom stereocenters. The van der Waals surface area contributed by atoms with Crippen LogP contribution in [0.25, 0.3) is 0 Å². The van der Waals surface area contributed by atoms with Gasteiger partial charge < -0.3 is 16.0 Å². The van der Waals surface area contributed by atoms with Crippen LogP contribution in [0.2, 0.25) is 0 Å². The quantitative estimate of drug-likeness (QED) is 0.265. The van der Waals surface area contributed by atoms with E-state index in [4.69, 9.17) is 47.0 Å². The third-order valence-corrected chi connectivity index (χ3v) is 4.41. The number of carbonyl (C=O) groups is 2. The molecule has 0 saturated heterocycles. The molecule has 148 valence electrons. The molecule has 0 aliphatic rings. The Labute approximate surface area is 181 Å². The van der Waals surface area contributed by atoms with Crippen molar-refractivity contribution in [3.05, 3.63) is 65.5 Å². The zero-order valence-corrected chi connectivity index (χ0v) is 17.5. The van der Waals surface area contributed by atoms with Gasteiger partial charge in [0.2, 0.25) is 3.79 Å². The maximum Gasteiger partial charge on any atom is 0.252 e. The first-order chi connectivity index (χ1) is 13.1. The van der Waals surface area contributed by atoms with E-state index >= 15 is 0 Å². The molecule has 0 heterocycles. The minimum absolute atomic E-state index is 0.0629. The van der Waals surface area contributed by atoms with E-state index < -0.39 is 21.7 Å². The Morgan fingerprint density at radius 2 is 1.50 bits per heavy atom. The van der Waals surface area contributed by atoms with Crippen LogP contribution in [0.15, 0.2) is 48.5 Å². The van der Waals surface area contributed by atoms with Gasteiger partial charge in [0.25, 0.3) is 5.91 Å².